The minimum absolute atomic E-state index is 0.676. The molecule has 0 atom stereocenters. The fourth-order valence-corrected chi connectivity index (χ4v) is 1.62. The van der Waals surface area contributed by atoms with Gasteiger partial charge in [-0.1, -0.05) is 12.8 Å². The van der Waals surface area contributed by atoms with Gasteiger partial charge in [0.25, 0.3) is 0 Å². The second kappa shape index (κ2) is 2.95. The van der Waals surface area contributed by atoms with Gasteiger partial charge in [-0.25, -0.2) is 4.98 Å². The molecule has 0 aromatic carbocycles. The van der Waals surface area contributed by atoms with Gasteiger partial charge in [0, 0.05) is 6.04 Å². The first kappa shape index (κ1) is 6.70. The molecule has 1 heterocycles. The van der Waals surface area contributed by atoms with Crippen molar-refractivity contribution in [2.75, 3.05) is 5.32 Å². The number of hydrogen-bond acceptors (Lipinski definition) is 2. The van der Waals surface area contributed by atoms with Gasteiger partial charge in [0.2, 0.25) is 0 Å². The lowest BCUT2D eigenvalue weighted by atomic mass is 10.2. The zero-order chi connectivity index (χ0) is 7.52. The minimum atomic E-state index is 0.676. The molecule has 1 saturated carbocycles. The highest BCUT2D eigenvalue weighted by Crippen LogP contribution is 2.20. The standard InChI is InChI=1S/C8H13N3/c1-2-4-7(3-1)11-8-5-9-6-10-8/h5-7,11H,1-4H2,(H,9,10). The molecule has 60 valence electrons. The van der Waals surface area contributed by atoms with Crippen LogP contribution in [0.5, 0.6) is 0 Å². The van der Waals surface area contributed by atoms with E-state index in [1.807, 2.05) is 6.20 Å². The van der Waals surface area contributed by atoms with Crippen LogP contribution >= 0.6 is 0 Å². The Morgan fingerprint density at radius 2 is 2.27 bits per heavy atom. The van der Waals surface area contributed by atoms with Gasteiger partial charge in [-0.15, -0.1) is 0 Å². The topological polar surface area (TPSA) is 40.7 Å². The van der Waals surface area contributed by atoms with Crippen molar-refractivity contribution < 1.29 is 0 Å². The Bertz CT molecular complexity index is 199. The number of aromatic nitrogens is 2. The van der Waals surface area contributed by atoms with Crippen molar-refractivity contribution in [1.82, 2.24) is 9.97 Å². The van der Waals surface area contributed by atoms with Gasteiger partial charge in [0.05, 0.1) is 12.5 Å². The second-order valence-electron chi connectivity index (χ2n) is 3.09. The van der Waals surface area contributed by atoms with Gasteiger partial charge in [0.1, 0.15) is 5.82 Å². The van der Waals surface area contributed by atoms with Gasteiger partial charge in [0.15, 0.2) is 0 Å². The van der Waals surface area contributed by atoms with Crippen LogP contribution in [0.25, 0.3) is 0 Å². The van der Waals surface area contributed by atoms with Crippen molar-refractivity contribution in [1.29, 1.82) is 0 Å². The molecule has 1 aliphatic carbocycles. The van der Waals surface area contributed by atoms with E-state index in [0.29, 0.717) is 6.04 Å². The van der Waals surface area contributed by atoms with Crippen LogP contribution in [0.4, 0.5) is 5.82 Å². The van der Waals surface area contributed by atoms with Crippen LogP contribution in [-0.2, 0) is 0 Å². The first-order valence-electron chi connectivity index (χ1n) is 4.20. The maximum Gasteiger partial charge on any atom is 0.123 e. The zero-order valence-electron chi connectivity index (χ0n) is 6.51. The van der Waals surface area contributed by atoms with Crippen molar-refractivity contribution >= 4 is 5.82 Å². The SMILES string of the molecule is c1ncc(NC2CCCC2)[nH]1. The Labute approximate surface area is 66.2 Å². The summed E-state index contributed by atoms with van der Waals surface area (Å²) < 4.78 is 0. The monoisotopic (exact) mass is 151 g/mol. The lowest BCUT2D eigenvalue weighted by Crippen LogP contribution is -2.14. The summed E-state index contributed by atoms with van der Waals surface area (Å²) in [5.41, 5.74) is 0. The fraction of sp³-hybridized carbons (Fsp3) is 0.625. The van der Waals surface area contributed by atoms with E-state index < -0.39 is 0 Å². The minimum Gasteiger partial charge on any atom is -0.368 e. The van der Waals surface area contributed by atoms with E-state index in [4.69, 9.17) is 0 Å². The predicted molar refractivity (Wildman–Crippen MR) is 44.5 cm³/mol. The molecule has 3 nitrogen and oxygen atoms in total. The average Bonchev–Trinajstić information content (AvgIpc) is 2.60. The summed E-state index contributed by atoms with van der Waals surface area (Å²) in [6.45, 7) is 0. The number of aromatic amines is 1. The smallest absolute Gasteiger partial charge is 0.123 e. The van der Waals surface area contributed by atoms with Gasteiger partial charge in [-0.2, -0.15) is 0 Å². The summed E-state index contributed by atoms with van der Waals surface area (Å²) in [7, 11) is 0. The molecule has 1 aliphatic rings. The van der Waals surface area contributed by atoms with Crippen LogP contribution in [0.3, 0.4) is 0 Å². The number of H-pyrrole nitrogens is 1. The van der Waals surface area contributed by atoms with Crippen molar-refractivity contribution in [3.8, 4) is 0 Å². The summed E-state index contributed by atoms with van der Waals surface area (Å²) in [6.07, 6.45) is 8.88. The summed E-state index contributed by atoms with van der Waals surface area (Å²) in [5.74, 6) is 1.05. The van der Waals surface area contributed by atoms with Crippen LogP contribution in [-0.4, -0.2) is 16.0 Å². The zero-order valence-corrected chi connectivity index (χ0v) is 6.51. The highest BCUT2D eigenvalue weighted by atomic mass is 15.1. The number of nitrogens with one attached hydrogen (secondary N) is 2. The second-order valence-corrected chi connectivity index (χ2v) is 3.09. The van der Waals surface area contributed by atoms with Gasteiger partial charge in [-0.3, -0.25) is 0 Å². The molecular weight excluding hydrogens is 138 g/mol. The molecule has 1 fully saturated rings. The Morgan fingerprint density at radius 1 is 1.45 bits per heavy atom. The third kappa shape index (κ3) is 1.53. The molecular formula is C8H13N3. The van der Waals surface area contributed by atoms with Crippen LogP contribution in [0.2, 0.25) is 0 Å². The number of anilines is 1. The summed E-state index contributed by atoms with van der Waals surface area (Å²) >= 11 is 0. The number of hydrogen-bond donors (Lipinski definition) is 2. The van der Waals surface area contributed by atoms with Crippen LogP contribution < -0.4 is 5.32 Å². The molecule has 2 rings (SSSR count). The Hall–Kier alpha value is -0.990. The van der Waals surface area contributed by atoms with Gasteiger partial charge < -0.3 is 10.3 Å². The van der Waals surface area contributed by atoms with E-state index in [1.165, 1.54) is 25.7 Å². The van der Waals surface area contributed by atoms with E-state index in [2.05, 4.69) is 15.3 Å². The third-order valence-electron chi connectivity index (χ3n) is 2.21. The Balaban J connectivity index is 1.90. The molecule has 0 unspecified atom stereocenters. The molecule has 0 radical (unpaired) electrons. The number of nitrogens with zero attached hydrogens (tertiary/aromatic N) is 1. The molecule has 0 aliphatic heterocycles. The summed E-state index contributed by atoms with van der Waals surface area (Å²) in [5, 5.41) is 3.40. The van der Waals surface area contributed by atoms with E-state index in [1.54, 1.807) is 6.33 Å². The van der Waals surface area contributed by atoms with E-state index in [0.717, 1.165) is 5.82 Å². The van der Waals surface area contributed by atoms with E-state index in [9.17, 15) is 0 Å². The summed E-state index contributed by atoms with van der Waals surface area (Å²) in [4.78, 5) is 6.99. The molecule has 0 saturated heterocycles. The third-order valence-corrected chi connectivity index (χ3v) is 2.21. The molecule has 1 aromatic heterocycles. The molecule has 0 amide bonds. The number of imidazole rings is 1. The average molecular weight is 151 g/mol. The van der Waals surface area contributed by atoms with Crippen LogP contribution in [0.15, 0.2) is 12.5 Å². The maximum atomic E-state index is 3.95. The van der Waals surface area contributed by atoms with Crippen molar-refractivity contribution in [2.45, 2.75) is 31.7 Å². The van der Waals surface area contributed by atoms with Crippen molar-refractivity contribution in [3.05, 3.63) is 12.5 Å². The number of rotatable bonds is 2. The predicted octanol–water partition coefficient (Wildman–Crippen LogP) is 1.76. The fourth-order valence-electron chi connectivity index (χ4n) is 1.62. The highest BCUT2D eigenvalue weighted by Gasteiger charge is 2.14. The maximum absolute atomic E-state index is 3.95. The van der Waals surface area contributed by atoms with E-state index >= 15 is 0 Å². The Morgan fingerprint density at radius 3 is 2.91 bits per heavy atom. The quantitative estimate of drug-likeness (QED) is 0.676. The molecule has 11 heavy (non-hydrogen) atoms. The molecule has 0 bridgehead atoms. The molecule has 2 N–H and O–H groups in total. The molecule has 3 heteroatoms. The van der Waals surface area contributed by atoms with Crippen molar-refractivity contribution in [2.24, 2.45) is 0 Å². The lowest BCUT2D eigenvalue weighted by molar-refractivity contribution is 0.751. The van der Waals surface area contributed by atoms with Crippen LogP contribution in [0.1, 0.15) is 25.7 Å². The van der Waals surface area contributed by atoms with Gasteiger partial charge >= 0.3 is 0 Å². The molecule has 1 aromatic rings. The molecule has 0 spiro atoms. The highest BCUT2D eigenvalue weighted by molar-refractivity contribution is 5.31. The van der Waals surface area contributed by atoms with Gasteiger partial charge in [-0.05, 0) is 12.8 Å². The van der Waals surface area contributed by atoms with Crippen molar-refractivity contribution in [3.63, 3.8) is 0 Å². The first-order chi connectivity index (χ1) is 5.45. The van der Waals surface area contributed by atoms with Crippen LogP contribution in [0, 0.1) is 0 Å². The normalized spacial score (nSPS) is 18.9. The largest absolute Gasteiger partial charge is 0.368 e. The van der Waals surface area contributed by atoms with E-state index in [-0.39, 0.29) is 0 Å². The first-order valence-corrected chi connectivity index (χ1v) is 4.20. The summed E-state index contributed by atoms with van der Waals surface area (Å²) in [6, 6.07) is 0.676. The lowest BCUT2D eigenvalue weighted by Gasteiger charge is -2.09. The Kier molecular flexibility index (Phi) is 1.79.